The summed E-state index contributed by atoms with van der Waals surface area (Å²) in [4.78, 5) is 12.0. The zero-order chi connectivity index (χ0) is 23.5. The van der Waals surface area contributed by atoms with Crippen molar-refractivity contribution in [1.29, 1.82) is 0 Å². The molecule has 1 nitrogen and oxygen atoms in total. The molecule has 0 saturated heterocycles. The highest BCUT2D eigenvalue weighted by atomic mass is 16.1. The number of hydrogen-bond acceptors (Lipinski definition) is 1. The fourth-order valence-electron chi connectivity index (χ4n) is 5.01. The molecule has 0 N–H and O–H groups in total. The van der Waals surface area contributed by atoms with Crippen LogP contribution in [-0.4, -0.2) is 5.78 Å². The van der Waals surface area contributed by atoms with Crippen molar-refractivity contribution >= 4 is 5.78 Å². The lowest BCUT2D eigenvalue weighted by Gasteiger charge is -2.13. The van der Waals surface area contributed by atoms with E-state index < -0.39 is 0 Å². The van der Waals surface area contributed by atoms with Crippen LogP contribution in [0.15, 0.2) is 0 Å². The number of unbranched alkanes of at least 4 members (excludes halogenated alkanes) is 22. The second kappa shape index (κ2) is 26.9. The van der Waals surface area contributed by atoms with Gasteiger partial charge in [0.2, 0.25) is 0 Å². The van der Waals surface area contributed by atoms with Gasteiger partial charge in [-0.25, -0.2) is 0 Å². The minimum absolute atomic E-state index is 0.348. The summed E-state index contributed by atoms with van der Waals surface area (Å²) < 4.78 is 0. The summed E-state index contributed by atoms with van der Waals surface area (Å²) in [6.45, 7) is 6.40. The van der Waals surface area contributed by atoms with E-state index in [1.165, 1.54) is 154 Å². The number of ketones is 1. The second-order valence-electron chi connectivity index (χ2n) is 10.7. The van der Waals surface area contributed by atoms with Crippen LogP contribution in [0.25, 0.3) is 0 Å². The van der Waals surface area contributed by atoms with Gasteiger partial charge in [-0.2, -0.15) is 0 Å². The molecule has 0 aliphatic rings. The largest absolute Gasteiger partial charge is 0.300 e. The van der Waals surface area contributed by atoms with Gasteiger partial charge in [-0.15, -0.1) is 0 Å². The van der Waals surface area contributed by atoms with Crippen LogP contribution in [0.2, 0.25) is 0 Å². The van der Waals surface area contributed by atoms with E-state index in [0.717, 1.165) is 12.8 Å². The Hall–Kier alpha value is -0.330. The van der Waals surface area contributed by atoms with Crippen molar-refractivity contribution in [2.24, 2.45) is 5.92 Å². The Bertz CT molecular complexity index is 361. The van der Waals surface area contributed by atoms with E-state index in [1.807, 2.05) is 6.92 Å². The third kappa shape index (κ3) is 24.3. The van der Waals surface area contributed by atoms with Crippen molar-refractivity contribution in [3.05, 3.63) is 0 Å². The van der Waals surface area contributed by atoms with Gasteiger partial charge in [-0.05, 0) is 19.8 Å². The molecule has 0 rings (SSSR count). The molecule has 0 amide bonds. The Balaban J connectivity index is 3.41. The molecule has 1 heteroatoms. The van der Waals surface area contributed by atoms with Crippen LogP contribution < -0.4 is 0 Å². The van der Waals surface area contributed by atoms with Crippen molar-refractivity contribution in [2.45, 2.75) is 188 Å². The molecule has 0 aliphatic heterocycles. The Morgan fingerprint density at radius 2 is 0.625 bits per heavy atom. The van der Waals surface area contributed by atoms with E-state index in [-0.39, 0.29) is 0 Å². The predicted octanol–water partition coefficient (Wildman–Crippen LogP) is 11.4. The highest BCUT2D eigenvalue weighted by Crippen LogP contribution is 2.20. The summed E-state index contributed by atoms with van der Waals surface area (Å²) in [6, 6.07) is 0. The molecule has 0 aliphatic carbocycles. The minimum Gasteiger partial charge on any atom is -0.300 e. The number of carbonyl (C=O) groups excluding carboxylic acids is 1. The van der Waals surface area contributed by atoms with Gasteiger partial charge in [-0.1, -0.05) is 168 Å². The monoisotopic (exact) mass is 450 g/mol. The summed E-state index contributed by atoms with van der Waals surface area (Å²) in [5.74, 6) is 0.789. The Labute approximate surface area is 204 Å². The van der Waals surface area contributed by atoms with E-state index in [9.17, 15) is 4.79 Å². The molecule has 0 fully saturated rings. The maximum absolute atomic E-state index is 12.0. The average Bonchev–Trinajstić information content (AvgIpc) is 2.78. The number of carbonyl (C=O) groups is 1. The molecule has 0 bridgehead atoms. The number of Topliss-reactive ketones (excluding diaryl/α,β-unsaturated/α-hetero) is 1. The average molecular weight is 451 g/mol. The van der Waals surface area contributed by atoms with Crippen molar-refractivity contribution in [2.75, 3.05) is 0 Å². The third-order valence-corrected chi connectivity index (χ3v) is 7.39. The number of rotatable bonds is 27. The standard InChI is InChI=1S/C31H62O/c1-4-6-8-10-12-14-16-17-18-19-21-23-25-27-29-31(30(3)32)28-26-24-22-20-15-13-11-9-7-5-2/h31H,4-29H2,1-3H3. The van der Waals surface area contributed by atoms with Gasteiger partial charge in [0.1, 0.15) is 5.78 Å². The maximum Gasteiger partial charge on any atom is 0.132 e. The quantitative estimate of drug-likeness (QED) is 0.114. The molecule has 0 aromatic rings. The highest BCUT2D eigenvalue weighted by molar-refractivity contribution is 5.78. The summed E-state index contributed by atoms with van der Waals surface area (Å²) in [7, 11) is 0. The summed E-state index contributed by atoms with van der Waals surface area (Å²) in [5, 5.41) is 0. The Kier molecular flexibility index (Phi) is 26.6. The van der Waals surface area contributed by atoms with E-state index in [2.05, 4.69) is 13.8 Å². The molecular formula is C31H62O. The minimum atomic E-state index is 0.348. The highest BCUT2D eigenvalue weighted by Gasteiger charge is 2.13. The van der Waals surface area contributed by atoms with Gasteiger partial charge >= 0.3 is 0 Å². The topological polar surface area (TPSA) is 17.1 Å². The summed E-state index contributed by atoms with van der Waals surface area (Å²) >= 11 is 0. The molecule has 0 saturated carbocycles. The van der Waals surface area contributed by atoms with Gasteiger partial charge in [-0.3, -0.25) is 4.79 Å². The lowest BCUT2D eigenvalue weighted by atomic mass is 9.91. The first-order chi connectivity index (χ1) is 15.7. The van der Waals surface area contributed by atoms with Gasteiger partial charge in [0.05, 0.1) is 0 Å². The molecule has 192 valence electrons. The van der Waals surface area contributed by atoms with Gasteiger partial charge in [0.25, 0.3) is 0 Å². The number of hydrogen-bond donors (Lipinski definition) is 0. The lowest BCUT2D eigenvalue weighted by Crippen LogP contribution is -2.10. The van der Waals surface area contributed by atoms with Crippen LogP contribution in [0.4, 0.5) is 0 Å². The Morgan fingerprint density at radius 1 is 0.406 bits per heavy atom. The smallest absolute Gasteiger partial charge is 0.132 e. The van der Waals surface area contributed by atoms with Crippen LogP contribution >= 0.6 is 0 Å². The molecule has 32 heavy (non-hydrogen) atoms. The molecule has 1 atom stereocenters. The molecule has 1 unspecified atom stereocenters. The lowest BCUT2D eigenvalue weighted by molar-refractivity contribution is -0.121. The van der Waals surface area contributed by atoms with Crippen LogP contribution in [-0.2, 0) is 4.79 Å². The second-order valence-corrected chi connectivity index (χ2v) is 10.7. The first kappa shape index (κ1) is 31.7. The maximum atomic E-state index is 12.0. The molecule has 0 radical (unpaired) electrons. The SMILES string of the molecule is CCCCCCCCCCCCCCCCC(CCCCCCCCCCCC)C(C)=O. The van der Waals surface area contributed by atoms with Crippen molar-refractivity contribution in [3.8, 4) is 0 Å². The van der Waals surface area contributed by atoms with Crippen molar-refractivity contribution in [1.82, 2.24) is 0 Å². The molecule has 0 spiro atoms. The van der Waals surface area contributed by atoms with E-state index >= 15 is 0 Å². The van der Waals surface area contributed by atoms with Crippen LogP contribution in [0, 0.1) is 5.92 Å². The van der Waals surface area contributed by atoms with Gasteiger partial charge in [0.15, 0.2) is 0 Å². The normalized spacial score (nSPS) is 12.3. The molecule has 0 aromatic heterocycles. The Morgan fingerprint density at radius 3 is 0.844 bits per heavy atom. The van der Waals surface area contributed by atoms with Crippen molar-refractivity contribution < 1.29 is 4.79 Å². The fourth-order valence-corrected chi connectivity index (χ4v) is 5.01. The molecular weight excluding hydrogens is 388 g/mol. The molecule has 0 aromatic carbocycles. The van der Waals surface area contributed by atoms with Crippen LogP contribution in [0.1, 0.15) is 188 Å². The van der Waals surface area contributed by atoms with E-state index in [4.69, 9.17) is 0 Å². The first-order valence-corrected chi connectivity index (χ1v) is 15.2. The zero-order valence-corrected chi connectivity index (χ0v) is 22.9. The van der Waals surface area contributed by atoms with Gasteiger partial charge < -0.3 is 0 Å². The van der Waals surface area contributed by atoms with E-state index in [1.54, 1.807) is 0 Å². The molecule has 0 heterocycles. The third-order valence-electron chi connectivity index (χ3n) is 7.39. The zero-order valence-electron chi connectivity index (χ0n) is 22.9. The fraction of sp³-hybridized carbons (Fsp3) is 0.968. The summed E-state index contributed by atoms with van der Waals surface area (Å²) in [5.41, 5.74) is 0. The van der Waals surface area contributed by atoms with Crippen molar-refractivity contribution in [3.63, 3.8) is 0 Å². The van der Waals surface area contributed by atoms with E-state index in [0.29, 0.717) is 11.7 Å². The van der Waals surface area contributed by atoms with Gasteiger partial charge in [0, 0.05) is 5.92 Å². The van der Waals surface area contributed by atoms with Crippen LogP contribution in [0.3, 0.4) is 0 Å². The van der Waals surface area contributed by atoms with Crippen LogP contribution in [0.5, 0.6) is 0 Å². The predicted molar refractivity (Wildman–Crippen MR) is 146 cm³/mol. The first-order valence-electron chi connectivity index (χ1n) is 15.2. The summed E-state index contributed by atoms with van der Waals surface area (Å²) in [6.07, 6.45) is 35.8.